The van der Waals surface area contributed by atoms with E-state index in [4.69, 9.17) is 20.8 Å². The molecule has 1 amide bonds. The van der Waals surface area contributed by atoms with Gasteiger partial charge in [-0.15, -0.1) is 10.2 Å². The van der Waals surface area contributed by atoms with Gasteiger partial charge in [-0.1, -0.05) is 17.7 Å². The van der Waals surface area contributed by atoms with Crippen LogP contribution < -0.4 is 0 Å². The maximum absolute atomic E-state index is 12.7. The van der Waals surface area contributed by atoms with Crippen LogP contribution in [0.15, 0.2) is 28.7 Å². The van der Waals surface area contributed by atoms with E-state index in [1.807, 2.05) is 20.8 Å². The molecule has 1 aromatic carbocycles. The Labute approximate surface area is 162 Å². The highest BCUT2D eigenvalue weighted by atomic mass is 35.5. The molecule has 0 atom stereocenters. The lowest BCUT2D eigenvalue weighted by molar-refractivity contribution is 0.0180. The lowest BCUT2D eigenvalue weighted by Crippen LogP contribution is -2.43. The Morgan fingerprint density at radius 3 is 2.56 bits per heavy atom. The summed E-state index contributed by atoms with van der Waals surface area (Å²) in [5.41, 5.74) is 0.123. The van der Waals surface area contributed by atoms with Gasteiger partial charge in [-0.05, 0) is 51.8 Å². The van der Waals surface area contributed by atoms with Crippen molar-refractivity contribution in [3.63, 3.8) is 0 Å². The molecule has 3 rings (SSSR count). The van der Waals surface area contributed by atoms with Crippen molar-refractivity contribution in [2.75, 3.05) is 13.1 Å². The van der Waals surface area contributed by atoms with Gasteiger partial charge in [0, 0.05) is 29.6 Å². The van der Waals surface area contributed by atoms with E-state index >= 15 is 0 Å². The Balaban J connectivity index is 1.61. The monoisotopic (exact) mass is 391 g/mol. The molecule has 1 aliphatic rings. The van der Waals surface area contributed by atoms with E-state index in [9.17, 15) is 9.59 Å². The highest BCUT2D eigenvalue weighted by Gasteiger charge is 2.32. The van der Waals surface area contributed by atoms with E-state index in [1.165, 1.54) is 0 Å². The summed E-state index contributed by atoms with van der Waals surface area (Å²) in [6, 6.07) is 7.00. The van der Waals surface area contributed by atoms with E-state index < -0.39 is 5.60 Å². The number of aromatic nitrogens is 2. The molecule has 0 bridgehead atoms. The smallest absolute Gasteiger partial charge is 0.410 e. The third kappa shape index (κ3) is 4.86. The standard InChI is InChI=1S/C19H22ClN3O4/c1-19(2,3)27-18(25)23-9-7-12(8-10-23)15(24)17-22-21-16(26-17)13-5-4-6-14(20)11-13/h4-6,11-12H,7-10H2,1-3H3. The third-order valence-corrected chi connectivity index (χ3v) is 4.46. The van der Waals surface area contributed by atoms with E-state index in [0.29, 0.717) is 36.5 Å². The third-order valence-electron chi connectivity index (χ3n) is 4.22. The largest absolute Gasteiger partial charge is 0.444 e. The number of ketones is 1. The summed E-state index contributed by atoms with van der Waals surface area (Å²) in [6.45, 7) is 6.40. The van der Waals surface area contributed by atoms with Crippen LogP contribution in [0, 0.1) is 5.92 Å². The number of ether oxygens (including phenoxy) is 1. The van der Waals surface area contributed by atoms with Crippen molar-refractivity contribution >= 4 is 23.5 Å². The maximum atomic E-state index is 12.7. The summed E-state index contributed by atoms with van der Waals surface area (Å²) in [5, 5.41) is 8.38. The Kier molecular flexibility index (Phi) is 5.51. The SMILES string of the molecule is CC(C)(C)OC(=O)N1CCC(C(=O)c2nnc(-c3cccc(Cl)c3)o2)CC1. The molecule has 0 saturated carbocycles. The molecular weight excluding hydrogens is 370 g/mol. The number of carbonyl (C=O) groups is 2. The first-order valence-electron chi connectivity index (χ1n) is 8.84. The molecule has 0 aliphatic carbocycles. The molecule has 0 spiro atoms. The van der Waals surface area contributed by atoms with E-state index in [2.05, 4.69) is 10.2 Å². The van der Waals surface area contributed by atoms with Crippen LogP contribution in [-0.2, 0) is 4.74 Å². The summed E-state index contributed by atoms with van der Waals surface area (Å²) < 4.78 is 10.9. The van der Waals surface area contributed by atoms with Gasteiger partial charge in [0.05, 0.1) is 0 Å². The fraction of sp³-hybridized carbons (Fsp3) is 0.474. The Bertz CT molecular complexity index is 835. The topological polar surface area (TPSA) is 85.5 Å². The van der Waals surface area contributed by atoms with Crippen molar-refractivity contribution in [2.45, 2.75) is 39.2 Å². The zero-order valence-electron chi connectivity index (χ0n) is 15.6. The fourth-order valence-electron chi connectivity index (χ4n) is 2.89. The molecule has 0 N–H and O–H groups in total. The second kappa shape index (κ2) is 7.68. The minimum Gasteiger partial charge on any atom is -0.444 e. The van der Waals surface area contributed by atoms with Crippen molar-refractivity contribution in [3.05, 3.63) is 35.2 Å². The van der Waals surface area contributed by atoms with Crippen molar-refractivity contribution < 1.29 is 18.7 Å². The highest BCUT2D eigenvalue weighted by Crippen LogP contribution is 2.25. The Morgan fingerprint density at radius 1 is 1.22 bits per heavy atom. The molecule has 0 unspecified atom stereocenters. The predicted octanol–water partition coefficient (Wildman–Crippen LogP) is 4.22. The molecular formula is C19H22ClN3O4. The van der Waals surface area contributed by atoms with Crippen molar-refractivity contribution in [1.82, 2.24) is 15.1 Å². The Hall–Kier alpha value is -2.41. The van der Waals surface area contributed by atoms with E-state index in [0.717, 1.165) is 0 Å². The lowest BCUT2D eigenvalue weighted by atomic mass is 9.92. The Morgan fingerprint density at radius 2 is 1.93 bits per heavy atom. The first-order valence-corrected chi connectivity index (χ1v) is 9.22. The highest BCUT2D eigenvalue weighted by molar-refractivity contribution is 6.30. The minimum atomic E-state index is -0.537. The van der Waals surface area contributed by atoms with Crippen molar-refractivity contribution in [3.8, 4) is 11.5 Å². The van der Waals surface area contributed by atoms with Gasteiger partial charge in [-0.2, -0.15) is 0 Å². The molecule has 1 fully saturated rings. The summed E-state index contributed by atoms with van der Waals surface area (Å²) in [7, 11) is 0. The fourth-order valence-corrected chi connectivity index (χ4v) is 3.08. The zero-order valence-corrected chi connectivity index (χ0v) is 16.3. The van der Waals surface area contributed by atoms with Crippen molar-refractivity contribution in [2.24, 2.45) is 5.92 Å². The van der Waals surface area contributed by atoms with E-state index in [-0.39, 0.29) is 29.6 Å². The summed E-state index contributed by atoms with van der Waals surface area (Å²) in [6.07, 6.45) is 0.717. The molecule has 1 aliphatic heterocycles. The van der Waals surface area contributed by atoms with Gasteiger partial charge in [0.25, 0.3) is 5.89 Å². The summed E-state index contributed by atoms with van der Waals surface area (Å²) >= 11 is 5.97. The summed E-state index contributed by atoms with van der Waals surface area (Å²) in [5.74, 6) is -0.205. The van der Waals surface area contributed by atoms with Crippen LogP contribution in [0.25, 0.3) is 11.5 Å². The van der Waals surface area contributed by atoms with Crippen LogP contribution in [0.2, 0.25) is 5.02 Å². The van der Waals surface area contributed by atoms with E-state index in [1.54, 1.807) is 29.2 Å². The van der Waals surface area contributed by atoms with Gasteiger partial charge in [-0.25, -0.2) is 4.79 Å². The number of rotatable bonds is 3. The van der Waals surface area contributed by atoms with Crippen LogP contribution in [0.3, 0.4) is 0 Å². The maximum Gasteiger partial charge on any atom is 0.410 e. The number of hydrogen-bond donors (Lipinski definition) is 0. The van der Waals surface area contributed by atoms with Crippen LogP contribution in [0.4, 0.5) is 4.79 Å². The number of Topliss-reactive ketones (excluding diaryl/α,β-unsaturated/α-hetero) is 1. The van der Waals surface area contributed by atoms with Gasteiger partial charge < -0.3 is 14.1 Å². The average molecular weight is 392 g/mol. The molecule has 144 valence electrons. The van der Waals surface area contributed by atoms with Gasteiger partial charge in [-0.3, -0.25) is 4.79 Å². The second-order valence-electron chi connectivity index (χ2n) is 7.53. The number of likely N-dealkylation sites (tertiary alicyclic amines) is 1. The lowest BCUT2D eigenvalue weighted by Gasteiger charge is -2.32. The van der Waals surface area contributed by atoms with Gasteiger partial charge in [0.15, 0.2) is 0 Å². The molecule has 8 heteroatoms. The van der Waals surface area contributed by atoms with Gasteiger partial charge in [0.1, 0.15) is 5.60 Å². The first kappa shape index (κ1) is 19.4. The normalized spacial score (nSPS) is 15.6. The average Bonchev–Trinajstić information content (AvgIpc) is 3.10. The zero-order chi connectivity index (χ0) is 19.6. The minimum absolute atomic E-state index is 0.0132. The predicted molar refractivity (Wildman–Crippen MR) is 99.6 cm³/mol. The van der Waals surface area contributed by atoms with Crippen LogP contribution in [0.5, 0.6) is 0 Å². The molecule has 2 aromatic rings. The number of halogens is 1. The number of benzene rings is 1. The molecule has 2 heterocycles. The second-order valence-corrected chi connectivity index (χ2v) is 7.97. The van der Waals surface area contributed by atoms with Gasteiger partial charge >= 0.3 is 6.09 Å². The first-order chi connectivity index (χ1) is 12.7. The number of carbonyl (C=O) groups excluding carboxylic acids is 2. The number of piperidine rings is 1. The molecule has 7 nitrogen and oxygen atoms in total. The number of nitrogens with zero attached hydrogens (tertiary/aromatic N) is 3. The molecule has 27 heavy (non-hydrogen) atoms. The quantitative estimate of drug-likeness (QED) is 0.728. The van der Waals surface area contributed by atoms with Crippen LogP contribution in [0.1, 0.15) is 44.3 Å². The van der Waals surface area contributed by atoms with Gasteiger partial charge in [0.2, 0.25) is 11.7 Å². The molecule has 1 saturated heterocycles. The summed E-state index contributed by atoms with van der Waals surface area (Å²) in [4.78, 5) is 26.4. The molecule has 0 radical (unpaired) electrons. The number of hydrogen-bond acceptors (Lipinski definition) is 6. The molecule has 1 aromatic heterocycles. The number of amides is 1. The van der Waals surface area contributed by atoms with Crippen LogP contribution >= 0.6 is 11.6 Å². The van der Waals surface area contributed by atoms with Crippen molar-refractivity contribution in [1.29, 1.82) is 0 Å². The van der Waals surface area contributed by atoms with Crippen LogP contribution in [-0.4, -0.2) is 45.7 Å².